The molecule has 0 radical (unpaired) electrons. The molecule has 1 aliphatic heterocycles. The monoisotopic (exact) mass is 413 g/mol. The van der Waals surface area contributed by atoms with Gasteiger partial charge >= 0.3 is 0 Å². The summed E-state index contributed by atoms with van der Waals surface area (Å²) in [7, 11) is 0. The van der Waals surface area contributed by atoms with Crippen molar-refractivity contribution in [3.8, 4) is 0 Å². The second-order valence-corrected chi connectivity index (χ2v) is 8.56. The number of carbonyl (C=O) groups is 2. The fourth-order valence-corrected chi connectivity index (χ4v) is 3.73. The molecule has 2 atom stereocenters. The first-order valence-corrected chi connectivity index (χ1v) is 10.5. The summed E-state index contributed by atoms with van der Waals surface area (Å²) < 4.78 is 0. The molecule has 1 saturated heterocycles. The van der Waals surface area contributed by atoms with Gasteiger partial charge in [0, 0.05) is 44.7 Å². The van der Waals surface area contributed by atoms with Gasteiger partial charge in [0.05, 0.1) is 5.75 Å². The van der Waals surface area contributed by atoms with Crippen LogP contribution in [0.5, 0.6) is 0 Å². The fraction of sp³-hybridized carbons (Fsp3) is 0.667. The smallest absolute Gasteiger partial charge is 0.230 e. The minimum absolute atomic E-state index is 0.0463. The van der Waals surface area contributed by atoms with E-state index in [4.69, 9.17) is 11.6 Å². The number of nitrogens with zero attached hydrogens (tertiary/aromatic N) is 4. The average molecular weight is 414 g/mol. The van der Waals surface area contributed by atoms with Crippen LogP contribution in [0.1, 0.15) is 34.6 Å². The molecule has 9 heteroatoms. The van der Waals surface area contributed by atoms with E-state index in [1.165, 1.54) is 11.8 Å². The third kappa shape index (κ3) is 6.24. The van der Waals surface area contributed by atoms with Crippen molar-refractivity contribution in [3.63, 3.8) is 0 Å². The first kappa shape index (κ1) is 21.8. The van der Waals surface area contributed by atoms with E-state index in [1.54, 1.807) is 13.0 Å². The van der Waals surface area contributed by atoms with E-state index in [-0.39, 0.29) is 29.7 Å². The molecule has 1 aromatic rings. The summed E-state index contributed by atoms with van der Waals surface area (Å²) in [4.78, 5) is 36.5. The predicted octanol–water partition coefficient (Wildman–Crippen LogP) is 2.44. The molecule has 2 amide bonds. The Labute approximate surface area is 170 Å². The molecule has 0 saturated carbocycles. The number of aromatic nitrogens is 2. The van der Waals surface area contributed by atoms with Crippen LogP contribution in [0.3, 0.4) is 0 Å². The van der Waals surface area contributed by atoms with Gasteiger partial charge in [0.2, 0.25) is 11.8 Å². The Morgan fingerprint density at radius 1 is 1.33 bits per heavy atom. The summed E-state index contributed by atoms with van der Waals surface area (Å²) in [6, 6.07) is 1.94. The lowest BCUT2D eigenvalue weighted by molar-refractivity contribution is -0.131. The highest BCUT2D eigenvalue weighted by Gasteiger charge is 2.26. The first-order chi connectivity index (χ1) is 12.7. The maximum absolute atomic E-state index is 12.1. The van der Waals surface area contributed by atoms with Crippen molar-refractivity contribution in [2.75, 3.05) is 30.3 Å². The van der Waals surface area contributed by atoms with Gasteiger partial charge in [0.25, 0.3) is 0 Å². The molecular formula is C18H28ClN5O2S. The van der Waals surface area contributed by atoms with E-state index in [2.05, 4.69) is 34.0 Å². The number of thioether (sulfide) groups is 1. The lowest BCUT2D eigenvalue weighted by Crippen LogP contribution is -2.53. The molecular weight excluding hydrogens is 386 g/mol. The minimum atomic E-state index is -0.0463. The molecule has 1 aliphatic rings. The molecule has 0 spiro atoms. The van der Waals surface area contributed by atoms with Crippen LogP contribution >= 0.6 is 23.4 Å². The first-order valence-electron chi connectivity index (χ1n) is 9.16. The lowest BCUT2D eigenvalue weighted by atomic mass is 10.1. The summed E-state index contributed by atoms with van der Waals surface area (Å²) in [6.07, 6.45) is 0. The predicted molar refractivity (Wildman–Crippen MR) is 109 cm³/mol. The Morgan fingerprint density at radius 3 is 2.63 bits per heavy atom. The zero-order chi connectivity index (χ0) is 20.1. The molecule has 27 heavy (non-hydrogen) atoms. The Bertz CT molecular complexity index is 688. The molecule has 2 heterocycles. The zero-order valence-corrected chi connectivity index (χ0v) is 18.1. The molecule has 1 aromatic heterocycles. The number of nitrogens with one attached hydrogen (secondary N) is 1. The molecule has 1 fully saturated rings. The number of hydrogen-bond acceptors (Lipinski definition) is 6. The molecule has 7 nitrogen and oxygen atoms in total. The minimum Gasteiger partial charge on any atom is -0.353 e. The van der Waals surface area contributed by atoms with Crippen LogP contribution in [0.15, 0.2) is 11.2 Å². The Hall–Kier alpha value is -1.54. The largest absolute Gasteiger partial charge is 0.353 e. The Kier molecular flexibility index (Phi) is 7.73. The lowest BCUT2D eigenvalue weighted by Gasteiger charge is -2.40. The van der Waals surface area contributed by atoms with Crippen LogP contribution in [-0.4, -0.2) is 64.2 Å². The van der Waals surface area contributed by atoms with Crippen molar-refractivity contribution in [1.82, 2.24) is 20.2 Å². The van der Waals surface area contributed by atoms with Gasteiger partial charge in [-0.15, -0.1) is 0 Å². The SMILES string of the molecule is CC(=O)N1CCN(c2cc(Cl)nc(SCC(=O)N[C@@H](C)C(C)C)n2)C[C@@H]1C. The summed E-state index contributed by atoms with van der Waals surface area (Å²) in [5.41, 5.74) is 0. The third-order valence-corrected chi connectivity index (χ3v) is 5.78. The van der Waals surface area contributed by atoms with Gasteiger partial charge in [-0.05, 0) is 19.8 Å². The van der Waals surface area contributed by atoms with E-state index in [0.717, 1.165) is 5.82 Å². The van der Waals surface area contributed by atoms with Gasteiger partial charge in [-0.2, -0.15) is 0 Å². The Balaban J connectivity index is 2.00. The highest BCUT2D eigenvalue weighted by molar-refractivity contribution is 7.99. The molecule has 0 unspecified atom stereocenters. The van der Waals surface area contributed by atoms with Crippen molar-refractivity contribution in [2.45, 2.75) is 51.9 Å². The van der Waals surface area contributed by atoms with E-state index in [9.17, 15) is 9.59 Å². The zero-order valence-electron chi connectivity index (χ0n) is 16.5. The molecule has 2 rings (SSSR count). The summed E-state index contributed by atoms with van der Waals surface area (Å²) >= 11 is 7.44. The number of anilines is 1. The molecule has 0 bridgehead atoms. The maximum Gasteiger partial charge on any atom is 0.230 e. The highest BCUT2D eigenvalue weighted by atomic mass is 35.5. The van der Waals surface area contributed by atoms with Crippen molar-refractivity contribution in [2.24, 2.45) is 5.92 Å². The van der Waals surface area contributed by atoms with Crippen LogP contribution in [0, 0.1) is 5.92 Å². The van der Waals surface area contributed by atoms with Crippen LogP contribution in [-0.2, 0) is 9.59 Å². The molecule has 0 aromatic carbocycles. The topological polar surface area (TPSA) is 78.4 Å². The third-order valence-electron chi connectivity index (χ3n) is 4.74. The van der Waals surface area contributed by atoms with Crippen molar-refractivity contribution >= 4 is 41.0 Å². The van der Waals surface area contributed by atoms with Crippen LogP contribution in [0.4, 0.5) is 5.82 Å². The molecule has 1 N–H and O–H groups in total. The van der Waals surface area contributed by atoms with Crippen LogP contribution in [0.2, 0.25) is 5.15 Å². The highest BCUT2D eigenvalue weighted by Crippen LogP contribution is 2.24. The van der Waals surface area contributed by atoms with Gasteiger partial charge in [-0.25, -0.2) is 9.97 Å². The van der Waals surface area contributed by atoms with Gasteiger partial charge in [0.1, 0.15) is 11.0 Å². The van der Waals surface area contributed by atoms with Crippen molar-refractivity contribution < 1.29 is 9.59 Å². The normalized spacial score (nSPS) is 18.6. The Morgan fingerprint density at radius 2 is 2.04 bits per heavy atom. The molecule has 150 valence electrons. The van der Waals surface area contributed by atoms with E-state index in [0.29, 0.717) is 35.9 Å². The number of carbonyl (C=O) groups excluding carboxylic acids is 2. The number of halogens is 1. The summed E-state index contributed by atoms with van der Waals surface area (Å²) in [5.74, 6) is 1.38. The number of rotatable bonds is 6. The van der Waals surface area contributed by atoms with Crippen LogP contribution < -0.4 is 10.2 Å². The molecule has 0 aliphatic carbocycles. The van der Waals surface area contributed by atoms with E-state index >= 15 is 0 Å². The number of hydrogen-bond donors (Lipinski definition) is 1. The fourth-order valence-electron chi connectivity index (χ4n) is 2.84. The second kappa shape index (κ2) is 9.59. The van der Waals surface area contributed by atoms with Gasteiger partial charge in [-0.1, -0.05) is 37.2 Å². The van der Waals surface area contributed by atoms with E-state index < -0.39 is 0 Å². The van der Waals surface area contributed by atoms with E-state index in [1.807, 2.05) is 18.7 Å². The number of piperazine rings is 1. The average Bonchev–Trinajstić information content (AvgIpc) is 2.59. The van der Waals surface area contributed by atoms with Gasteiger partial charge in [-0.3, -0.25) is 9.59 Å². The van der Waals surface area contributed by atoms with Gasteiger partial charge in [0.15, 0.2) is 5.16 Å². The maximum atomic E-state index is 12.1. The second-order valence-electron chi connectivity index (χ2n) is 7.23. The van der Waals surface area contributed by atoms with Crippen molar-refractivity contribution in [3.05, 3.63) is 11.2 Å². The quantitative estimate of drug-likeness (QED) is 0.438. The van der Waals surface area contributed by atoms with Crippen LogP contribution in [0.25, 0.3) is 0 Å². The number of amides is 2. The van der Waals surface area contributed by atoms with Crippen molar-refractivity contribution in [1.29, 1.82) is 0 Å². The summed E-state index contributed by atoms with van der Waals surface area (Å²) in [6.45, 7) is 11.8. The standard InChI is InChI=1S/C18H28ClN5O2S/c1-11(2)13(4)20-17(26)10-27-18-21-15(19)8-16(22-18)23-6-7-24(14(5)25)12(3)9-23/h8,11-13H,6-7,9-10H2,1-5H3,(H,20,26)/t12-,13-/m0/s1. The summed E-state index contributed by atoms with van der Waals surface area (Å²) in [5, 5.41) is 3.79. The van der Waals surface area contributed by atoms with Gasteiger partial charge < -0.3 is 15.1 Å².